The van der Waals surface area contributed by atoms with Crippen LogP contribution in [0.4, 0.5) is 4.39 Å². The van der Waals surface area contributed by atoms with Gasteiger partial charge in [0.1, 0.15) is 5.82 Å². The fraction of sp³-hybridized carbons (Fsp3) is 0.350. The van der Waals surface area contributed by atoms with Gasteiger partial charge < -0.3 is 10.1 Å². The summed E-state index contributed by atoms with van der Waals surface area (Å²) < 4.78 is 46.1. The van der Waals surface area contributed by atoms with Gasteiger partial charge in [0.05, 0.1) is 11.4 Å². The molecule has 1 amide bonds. The number of carbonyl (C=O) groups is 1. The number of nitrogens with zero attached hydrogens (tertiary/aromatic N) is 1. The summed E-state index contributed by atoms with van der Waals surface area (Å²) in [4.78, 5) is 12.3. The summed E-state index contributed by atoms with van der Waals surface area (Å²) in [6, 6.07) is 12.2. The van der Waals surface area contributed by atoms with Crippen LogP contribution in [0.1, 0.15) is 17.5 Å². The second-order valence-electron chi connectivity index (χ2n) is 6.37. The third kappa shape index (κ3) is 6.12. The van der Waals surface area contributed by atoms with E-state index in [4.69, 9.17) is 4.74 Å². The molecule has 0 aromatic heterocycles. The van der Waals surface area contributed by atoms with E-state index in [2.05, 4.69) is 5.32 Å². The molecule has 8 heteroatoms. The molecule has 0 aliphatic carbocycles. The van der Waals surface area contributed by atoms with Crippen molar-refractivity contribution in [2.45, 2.75) is 24.8 Å². The molecule has 0 atom stereocenters. The van der Waals surface area contributed by atoms with Gasteiger partial charge in [-0.3, -0.25) is 4.79 Å². The molecule has 2 aromatic rings. The molecule has 0 fully saturated rings. The minimum absolute atomic E-state index is 0.0571. The topological polar surface area (TPSA) is 75.7 Å². The van der Waals surface area contributed by atoms with Crippen molar-refractivity contribution in [3.05, 3.63) is 65.5 Å². The maximum absolute atomic E-state index is 14.1. The van der Waals surface area contributed by atoms with Crippen LogP contribution in [0.2, 0.25) is 0 Å². The van der Waals surface area contributed by atoms with Gasteiger partial charge in [-0.2, -0.15) is 4.31 Å². The van der Waals surface area contributed by atoms with E-state index in [9.17, 15) is 17.6 Å². The zero-order chi connectivity index (χ0) is 20.6. The van der Waals surface area contributed by atoms with Crippen molar-refractivity contribution in [1.82, 2.24) is 9.62 Å². The maximum Gasteiger partial charge on any atom is 0.243 e. The Labute approximate surface area is 165 Å². The van der Waals surface area contributed by atoms with Gasteiger partial charge in [-0.25, -0.2) is 12.8 Å². The minimum Gasteiger partial charge on any atom is -0.385 e. The van der Waals surface area contributed by atoms with E-state index in [1.807, 2.05) is 6.92 Å². The molecule has 152 valence electrons. The van der Waals surface area contributed by atoms with Crippen LogP contribution in [-0.4, -0.2) is 45.4 Å². The number of halogens is 1. The molecule has 0 saturated heterocycles. The second-order valence-corrected chi connectivity index (χ2v) is 8.31. The lowest BCUT2D eigenvalue weighted by molar-refractivity contribution is -0.121. The molecule has 2 aromatic carbocycles. The first kappa shape index (κ1) is 22.0. The van der Waals surface area contributed by atoms with Gasteiger partial charge in [0.15, 0.2) is 0 Å². The summed E-state index contributed by atoms with van der Waals surface area (Å²) >= 11 is 0. The van der Waals surface area contributed by atoms with Crippen LogP contribution in [0.3, 0.4) is 0 Å². The molecule has 28 heavy (non-hydrogen) atoms. The number of aryl methyl sites for hydroxylation is 1. The van der Waals surface area contributed by atoms with Crippen molar-refractivity contribution >= 4 is 15.9 Å². The van der Waals surface area contributed by atoms with E-state index in [0.717, 1.165) is 9.87 Å². The fourth-order valence-corrected chi connectivity index (χ4v) is 3.94. The number of sulfonamides is 1. The molecule has 0 radical (unpaired) electrons. The highest BCUT2D eigenvalue weighted by Crippen LogP contribution is 2.20. The van der Waals surface area contributed by atoms with Crippen molar-refractivity contribution in [3.8, 4) is 0 Å². The van der Waals surface area contributed by atoms with Crippen LogP contribution in [-0.2, 0) is 26.1 Å². The van der Waals surface area contributed by atoms with E-state index >= 15 is 0 Å². The van der Waals surface area contributed by atoms with Gasteiger partial charge in [0.25, 0.3) is 0 Å². The predicted octanol–water partition coefficient (Wildman–Crippen LogP) is 2.48. The third-order valence-corrected chi connectivity index (χ3v) is 5.94. The van der Waals surface area contributed by atoms with Crippen LogP contribution in [0.25, 0.3) is 0 Å². The van der Waals surface area contributed by atoms with Gasteiger partial charge in [-0.05, 0) is 31.5 Å². The Morgan fingerprint density at radius 2 is 1.82 bits per heavy atom. The summed E-state index contributed by atoms with van der Waals surface area (Å²) in [5.41, 5.74) is 1.11. The van der Waals surface area contributed by atoms with Crippen molar-refractivity contribution < 1.29 is 22.3 Å². The molecule has 0 saturated carbocycles. The van der Waals surface area contributed by atoms with Crippen LogP contribution in [0.5, 0.6) is 0 Å². The zero-order valence-electron chi connectivity index (χ0n) is 16.0. The number of amides is 1. The average molecular weight is 408 g/mol. The number of benzene rings is 2. The normalized spacial score (nSPS) is 11.6. The Bertz CT molecular complexity index is 885. The monoisotopic (exact) mass is 408 g/mol. The van der Waals surface area contributed by atoms with Crippen LogP contribution >= 0.6 is 0 Å². The Balaban J connectivity index is 2.23. The molecule has 0 aliphatic heterocycles. The summed E-state index contributed by atoms with van der Waals surface area (Å²) in [7, 11) is -2.42. The van der Waals surface area contributed by atoms with Crippen molar-refractivity contribution in [2.75, 3.05) is 26.8 Å². The summed E-state index contributed by atoms with van der Waals surface area (Å²) in [5, 5.41) is 2.66. The lowest BCUT2D eigenvalue weighted by atomic mass is 10.2. The van der Waals surface area contributed by atoms with Crippen LogP contribution < -0.4 is 5.32 Å². The number of carbonyl (C=O) groups excluding carboxylic acids is 1. The van der Waals surface area contributed by atoms with Gasteiger partial charge in [-0.1, -0.05) is 35.9 Å². The molecular formula is C20H25FN2O4S. The number of hydrogen-bond acceptors (Lipinski definition) is 4. The molecule has 0 unspecified atom stereocenters. The summed E-state index contributed by atoms with van der Waals surface area (Å²) in [6.45, 7) is 2.05. The average Bonchev–Trinajstić information content (AvgIpc) is 2.66. The first-order valence-electron chi connectivity index (χ1n) is 8.90. The quantitative estimate of drug-likeness (QED) is 0.613. The van der Waals surface area contributed by atoms with E-state index in [-0.39, 0.29) is 17.0 Å². The first-order chi connectivity index (χ1) is 13.3. The smallest absolute Gasteiger partial charge is 0.243 e. The van der Waals surface area contributed by atoms with Gasteiger partial charge >= 0.3 is 0 Å². The summed E-state index contributed by atoms with van der Waals surface area (Å²) in [5.74, 6) is -0.977. The SMILES string of the molecule is COCCCNC(=O)CN(Cc1ccccc1F)S(=O)(=O)c1ccc(C)cc1. The van der Waals surface area contributed by atoms with Gasteiger partial charge in [0.2, 0.25) is 15.9 Å². The van der Waals surface area contributed by atoms with Crippen molar-refractivity contribution in [1.29, 1.82) is 0 Å². The first-order valence-corrected chi connectivity index (χ1v) is 10.3. The molecule has 1 N–H and O–H groups in total. The number of nitrogens with one attached hydrogen (secondary N) is 1. The largest absolute Gasteiger partial charge is 0.385 e. The molecule has 0 aliphatic rings. The zero-order valence-corrected chi connectivity index (χ0v) is 16.8. The molecule has 0 spiro atoms. The van der Waals surface area contributed by atoms with Crippen LogP contribution in [0, 0.1) is 12.7 Å². The maximum atomic E-state index is 14.1. The number of methoxy groups -OCH3 is 1. The molecule has 0 heterocycles. The lowest BCUT2D eigenvalue weighted by Crippen LogP contribution is -2.40. The number of rotatable bonds is 10. The van der Waals surface area contributed by atoms with E-state index in [0.29, 0.717) is 19.6 Å². The Hall–Kier alpha value is -2.29. The highest BCUT2D eigenvalue weighted by molar-refractivity contribution is 7.89. The Kier molecular flexibility index (Phi) is 8.10. The van der Waals surface area contributed by atoms with Crippen molar-refractivity contribution in [2.24, 2.45) is 0 Å². The fourth-order valence-electron chi connectivity index (χ4n) is 2.56. The van der Waals surface area contributed by atoms with Crippen LogP contribution in [0.15, 0.2) is 53.4 Å². The highest BCUT2D eigenvalue weighted by atomic mass is 32.2. The van der Waals surface area contributed by atoms with E-state index in [1.165, 1.54) is 30.3 Å². The lowest BCUT2D eigenvalue weighted by Gasteiger charge is -2.22. The predicted molar refractivity (Wildman–Crippen MR) is 105 cm³/mol. The molecule has 0 bridgehead atoms. The van der Waals surface area contributed by atoms with E-state index < -0.39 is 28.3 Å². The standard InChI is InChI=1S/C20H25FN2O4S/c1-16-8-10-18(11-9-16)28(25,26)23(14-17-6-3-4-7-19(17)21)15-20(24)22-12-5-13-27-2/h3-4,6-11H,5,12-15H2,1-2H3,(H,22,24). The second kappa shape index (κ2) is 10.3. The van der Waals surface area contributed by atoms with Gasteiger partial charge in [-0.15, -0.1) is 0 Å². The summed E-state index contributed by atoms with van der Waals surface area (Å²) in [6.07, 6.45) is 0.611. The molecule has 2 rings (SSSR count). The Morgan fingerprint density at radius 1 is 1.14 bits per heavy atom. The Morgan fingerprint density at radius 3 is 2.46 bits per heavy atom. The highest BCUT2D eigenvalue weighted by Gasteiger charge is 2.27. The van der Waals surface area contributed by atoms with E-state index in [1.54, 1.807) is 25.3 Å². The van der Waals surface area contributed by atoms with Gasteiger partial charge in [0, 0.05) is 32.4 Å². The third-order valence-electron chi connectivity index (χ3n) is 4.13. The number of hydrogen-bond donors (Lipinski definition) is 1. The molecule has 6 nitrogen and oxygen atoms in total. The molecular weight excluding hydrogens is 383 g/mol. The number of ether oxygens (including phenoxy) is 1. The minimum atomic E-state index is -3.98. The van der Waals surface area contributed by atoms with Crippen molar-refractivity contribution in [3.63, 3.8) is 0 Å².